The van der Waals surface area contributed by atoms with Gasteiger partial charge in [0.1, 0.15) is 12.2 Å². The Morgan fingerprint density at radius 2 is 0.600 bits per heavy atom. The van der Waals surface area contributed by atoms with E-state index >= 15 is 0 Å². The first-order chi connectivity index (χ1) is 34.5. The molecule has 70 heavy (non-hydrogen) atoms. The highest BCUT2D eigenvalue weighted by molar-refractivity contribution is 5.80. The van der Waals surface area contributed by atoms with Gasteiger partial charge in [-0.1, -0.05) is 294 Å². The largest absolute Gasteiger partial charge is 0.394 e. The van der Waals surface area contributed by atoms with Crippen molar-refractivity contribution in [3.8, 4) is 0 Å². The van der Waals surface area contributed by atoms with Gasteiger partial charge in [0.15, 0.2) is 0 Å². The van der Waals surface area contributed by atoms with E-state index in [4.69, 9.17) is 0 Å². The number of nitrogens with one attached hydrogen (secondary N) is 1. The minimum Gasteiger partial charge on any atom is -0.394 e. The summed E-state index contributed by atoms with van der Waals surface area (Å²) in [5.41, 5.74) is 0. The molecule has 4 atom stereocenters. The Balaban J connectivity index is 3.64. The Bertz CT molecular complexity index is 1110. The van der Waals surface area contributed by atoms with Gasteiger partial charge in [-0.15, -0.1) is 0 Å². The second-order valence-corrected chi connectivity index (χ2v) is 21.7. The lowest BCUT2D eigenvalue weighted by atomic mass is 10.00. The fourth-order valence-electron chi connectivity index (χ4n) is 9.89. The first-order valence-corrected chi connectivity index (χ1v) is 31.4. The van der Waals surface area contributed by atoms with E-state index in [-0.39, 0.29) is 0 Å². The van der Waals surface area contributed by atoms with Crippen LogP contribution in [0.5, 0.6) is 0 Å². The van der Waals surface area contributed by atoms with E-state index in [0.29, 0.717) is 19.3 Å². The zero-order chi connectivity index (χ0) is 50.9. The summed E-state index contributed by atoms with van der Waals surface area (Å²) in [5, 5.41) is 44.1. The van der Waals surface area contributed by atoms with Crippen molar-refractivity contribution < 1.29 is 25.2 Å². The van der Waals surface area contributed by atoms with Crippen LogP contribution in [0.25, 0.3) is 0 Å². The van der Waals surface area contributed by atoms with E-state index in [1.54, 1.807) is 0 Å². The first kappa shape index (κ1) is 68.5. The summed E-state index contributed by atoms with van der Waals surface area (Å²) in [6.45, 7) is 4.08. The highest BCUT2D eigenvalue weighted by Gasteiger charge is 2.28. The van der Waals surface area contributed by atoms with E-state index in [2.05, 4.69) is 55.6 Å². The molecule has 0 aliphatic heterocycles. The predicted molar refractivity (Wildman–Crippen MR) is 307 cm³/mol. The summed E-state index contributed by atoms with van der Waals surface area (Å²) >= 11 is 0. The standard InChI is InChI=1S/C64H123NO5/c1-3-5-7-9-11-13-15-17-19-21-23-25-27-29-31-32-34-36-38-40-42-44-46-48-50-52-54-56-58-62(68)64(70)65-60(59-66)63(69)61(67)57-55-53-51-49-47-45-43-41-39-37-35-33-30-28-26-24-22-20-18-16-14-12-10-8-6-4-2/h29,31,41,43,49,51,60-63,66-69H,3-28,30,32-40,42,44-48,50,52-59H2,1-2H3,(H,65,70)/b31-29-,43-41+,51-49+. The number of amides is 1. The van der Waals surface area contributed by atoms with Gasteiger partial charge in [-0.3, -0.25) is 4.79 Å². The van der Waals surface area contributed by atoms with Gasteiger partial charge < -0.3 is 25.7 Å². The highest BCUT2D eigenvalue weighted by Crippen LogP contribution is 2.18. The molecule has 0 aromatic carbocycles. The van der Waals surface area contributed by atoms with Crippen LogP contribution in [-0.2, 0) is 4.79 Å². The van der Waals surface area contributed by atoms with Crippen molar-refractivity contribution in [2.24, 2.45) is 0 Å². The van der Waals surface area contributed by atoms with Crippen LogP contribution in [0.4, 0.5) is 0 Å². The maximum atomic E-state index is 12.6. The van der Waals surface area contributed by atoms with Crippen molar-refractivity contribution in [1.82, 2.24) is 5.32 Å². The lowest BCUT2D eigenvalue weighted by Crippen LogP contribution is -2.53. The Hall–Kier alpha value is -1.47. The SMILES string of the molecule is CCCCCCCCCCCCCC/C=C\CCCCCCCCCCCCCCC(O)C(=O)NC(CO)C(O)C(O)CCC/C=C/CC/C=C/CCCCCCCCCCCCCCCCCCC. The number of hydrogen-bond acceptors (Lipinski definition) is 5. The fourth-order valence-corrected chi connectivity index (χ4v) is 9.89. The molecule has 5 N–H and O–H groups in total. The molecular formula is C64H123NO5. The third-order valence-electron chi connectivity index (χ3n) is 14.8. The Kier molecular flexibility index (Phi) is 57.2. The van der Waals surface area contributed by atoms with Crippen LogP contribution < -0.4 is 5.32 Å². The zero-order valence-electron chi connectivity index (χ0n) is 47.0. The van der Waals surface area contributed by atoms with Crippen LogP contribution in [0, 0.1) is 0 Å². The summed E-state index contributed by atoms with van der Waals surface area (Å²) in [4.78, 5) is 12.6. The summed E-state index contributed by atoms with van der Waals surface area (Å²) < 4.78 is 0. The van der Waals surface area contributed by atoms with E-state index in [1.807, 2.05) is 0 Å². The monoisotopic (exact) mass is 986 g/mol. The number of aliphatic hydroxyl groups excluding tert-OH is 4. The Morgan fingerprint density at radius 3 is 0.900 bits per heavy atom. The van der Waals surface area contributed by atoms with Crippen molar-refractivity contribution in [3.05, 3.63) is 36.5 Å². The van der Waals surface area contributed by atoms with Crippen molar-refractivity contribution in [2.75, 3.05) is 6.61 Å². The average Bonchev–Trinajstić information content (AvgIpc) is 3.36. The highest BCUT2D eigenvalue weighted by atomic mass is 16.3. The number of allylic oxidation sites excluding steroid dienone is 6. The second-order valence-electron chi connectivity index (χ2n) is 21.7. The molecule has 0 saturated carbocycles. The molecule has 0 fully saturated rings. The quantitative estimate of drug-likeness (QED) is 0.0308. The van der Waals surface area contributed by atoms with Gasteiger partial charge in [-0.2, -0.15) is 0 Å². The lowest BCUT2D eigenvalue weighted by molar-refractivity contribution is -0.132. The predicted octanol–water partition coefficient (Wildman–Crippen LogP) is 18.8. The number of carbonyl (C=O) groups is 1. The van der Waals surface area contributed by atoms with E-state index in [9.17, 15) is 25.2 Å². The van der Waals surface area contributed by atoms with Crippen molar-refractivity contribution in [1.29, 1.82) is 0 Å². The summed E-state index contributed by atoms with van der Waals surface area (Å²) in [5.74, 6) is -0.594. The molecule has 414 valence electrons. The minimum atomic E-state index is -1.29. The van der Waals surface area contributed by atoms with Crippen molar-refractivity contribution in [3.63, 3.8) is 0 Å². The number of aliphatic hydroxyl groups is 4. The van der Waals surface area contributed by atoms with Gasteiger partial charge in [-0.25, -0.2) is 0 Å². The molecule has 0 aromatic rings. The number of rotatable bonds is 58. The molecule has 0 aliphatic carbocycles. The number of unbranched alkanes of at least 4 members (excludes halogenated alkanes) is 43. The second kappa shape index (κ2) is 58.4. The minimum absolute atomic E-state index is 0.361. The van der Waals surface area contributed by atoms with E-state index in [1.165, 1.54) is 263 Å². The molecule has 6 heteroatoms. The lowest BCUT2D eigenvalue weighted by Gasteiger charge is -2.27. The molecule has 0 aliphatic rings. The summed E-state index contributed by atoms with van der Waals surface area (Å²) in [6.07, 6.45) is 73.8. The van der Waals surface area contributed by atoms with Gasteiger partial charge >= 0.3 is 0 Å². The van der Waals surface area contributed by atoms with Crippen LogP contribution in [0.3, 0.4) is 0 Å². The number of carbonyl (C=O) groups excluding carboxylic acids is 1. The molecule has 6 nitrogen and oxygen atoms in total. The Morgan fingerprint density at radius 1 is 0.343 bits per heavy atom. The molecule has 0 rings (SSSR count). The third-order valence-corrected chi connectivity index (χ3v) is 14.8. The maximum Gasteiger partial charge on any atom is 0.249 e. The normalized spacial score (nSPS) is 13.9. The van der Waals surface area contributed by atoms with Crippen molar-refractivity contribution >= 4 is 5.91 Å². The smallest absolute Gasteiger partial charge is 0.249 e. The van der Waals surface area contributed by atoms with Gasteiger partial charge in [0, 0.05) is 0 Å². The fraction of sp³-hybridized carbons (Fsp3) is 0.891. The van der Waals surface area contributed by atoms with Crippen molar-refractivity contribution in [2.45, 2.75) is 359 Å². The molecule has 4 unspecified atom stereocenters. The van der Waals surface area contributed by atoms with E-state index in [0.717, 1.165) is 38.5 Å². The van der Waals surface area contributed by atoms with Crippen LogP contribution >= 0.6 is 0 Å². The summed E-state index contributed by atoms with van der Waals surface area (Å²) in [7, 11) is 0. The van der Waals surface area contributed by atoms with Crippen LogP contribution in [0.15, 0.2) is 36.5 Å². The molecule has 0 bridgehead atoms. The molecule has 0 saturated heterocycles. The number of hydrogen-bond donors (Lipinski definition) is 5. The van der Waals surface area contributed by atoms with Gasteiger partial charge in [-0.05, 0) is 77.0 Å². The zero-order valence-corrected chi connectivity index (χ0v) is 47.0. The van der Waals surface area contributed by atoms with Crippen LogP contribution in [0.2, 0.25) is 0 Å². The molecular weight excluding hydrogens is 863 g/mol. The van der Waals surface area contributed by atoms with Gasteiger partial charge in [0.2, 0.25) is 5.91 Å². The van der Waals surface area contributed by atoms with Crippen LogP contribution in [-0.4, -0.2) is 57.3 Å². The summed E-state index contributed by atoms with van der Waals surface area (Å²) in [6, 6.07) is -1.01. The molecule has 0 radical (unpaired) electrons. The van der Waals surface area contributed by atoms with Gasteiger partial charge in [0.25, 0.3) is 0 Å². The molecule has 0 heterocycles. The Labute approximate surface area is 437 Å². The third kappa shape index (κ3) is 51.4. The molecule has 0 spiro atoms. The topological polar surface area (TPSA) is 110 Å². The first-order valence-electron chi connectivity index (χ1n) is 31.4. The van der Waals surface area contributed by atoms with E-state index < -0.39 is 36.9 Å². The molecule has 1 amide bonds. The average molecular weight is 987 g/mol. The molecule has 0 aromatic heterocycles. The maximum absolute atomic E-state index is 12.6. The van der Waals surface area contributed by atoms with Crippen LogP contribution in [0.1, 0.15) is 335 Å². The van der Waals surface area contributed by atoms with Gasteiger partial charge in [0.05, 0.1) is 18.8 Å².